The van der Waals surface area contributed by atoms with E-state index in [1.807, 2.05) is 19.1 Å². The first kappa shape index (κ1) is 18.9. The van der Waals surface area contributed by atoms with Crippen molar-refractivity contribution in [1.29, 1.82) is 0 Å². The lowest BCUT2D eigenvalue weighted by atomic mass is 10.2. The van der Waals surface area contributed by atoms with E-state index in [4.69, 9.17) is 25.8 Å². The molecule has 0 saturated heterocycles. The van der Waals surface area contributed by atoms with E-state index in [0.29, 0.717) is 41.8 Å². The van der Waals surface area contributed by atoms with Crippen molar-refractivity contribution in [2.24, 2.45) is 0 Å². The molecule has 134 valence electrons. The van der Waals surface area contributed by atoms with Crippen LogP contribution in [0.1, 0.15) is 13.3 Å². The van der Waals surface area contributed by atoms with Crippen molar-refractivity contribution in [2.45, 2.75) is 19.4 Å². The number of carbonyl (C=O) groups excluding carboxylic acids is 1. The summed E-state index contributed by atoms with van der Waals surface area (Å²) in [5.74, 6) is 1.66. The van der Waals surface area contributed by atoms with Gasteiger partial charge in [-0.3, -0.25) is 4.79 Å². The summed E-state index contributed by atoms with van der Waals surface area (Å²) in [6.07, 6.45) is -0.0473. The maximum Gasteiger partial charge on any atom is 0.261 e. The van der Waals surface area contributed by atoms with Crippen molar-refractivity contribution in [3.05, 3.63) is 53.6 Å². The number of carbonyl (C=O) groups is 1. The lowest BCUT2D eigenvalue weighted by Crippen LogP contribution is -2.39. The van der Waals surface area contributed by atoms with Gasteiger partial charge in [-0.15, -0.1) is 0 Å². The van der Waals surface area contributed by atoms with Gasteiger partial charge in [-0.1, -0.05) is 30.7 Å². The maximum atomic E-state index is 12.3. The molecule has 6 heteroatoms. The van der Waals surface area contributed by atoms with Gasteiger partial charge in [-0.2, -0.15) is 0 Å². The fourth-order valence-electron chi connectivity index (χ4n) is 2.18. The normalized spacial score (nSPS) is 11.5. The van der Waals surface area contributed by atoms with Crippen LogP contribution in [-0.2, 0) is 4.79 Å². The van der Waals surface area contributed by atoms with E-state index in [1.54, 1.807) is 43.5 Å². The molecule has 1 atom stereocenters. The lowest BCUT2D eigenvalue weighted by Gasteiger charge is -2.18. The van der Waals surface area contributed by atoms with Crippen LogP contribution >= 0.6 is 11.6 Å². The van der Waals surface area contributed by atoms with Crippen molar-refractivity contribution >= 4 is 17.5 Å². The van der Waals surface area contributed by atoms with E-state index in [0.717, 1.165) is 0 Å². The molecule has 0 unspecified atom stereocenters. The second kappa shape index (κ2) is 9.79. The van der Waals surface area contributed by atoms with Gasteiger partial charge >= 0.3 is 0 Å². The summed E-state index contributed by atoms with van der Waals surface area (Å²) in [6.45, 7) is 2.63. The SMILES string of the molecule is CC[C@@H](Oc1ccccc1OC)C(=O)NCCOc1ccc(Cl)cc1. The summed E-state index contributed by atoms with van der Waals surface area (Å²) in [7, 11) is 1.57. The van der Waals surface area contributed by atoms with E-state index in [2.05, 4.69) is 5.32 Å². The topological polar surface area (TPSA) is 56.8 Å². The molecule has 2 aromatic carbocycles. The molecule has 0 spiro atoms. The molecule has 1 N–H and O–H groups in total. The molecule has 0 aliphatic rings. The smallest absolute Gasteiger partial charge is 0.261 e. The Hall–Kier alpha value is -2.40. The predicted octanol–water partition coefficient (Wildman–Crippen LogP) is 3.70. The van der Waals surface area contributed by atoms with Gasteiger partial charge in [0.15, 0.2) is 17.6 Å². The summed E-state index contributed by atoms with van der Waals surface area (Å²) in [5.41, 5.74) is 0. The lowest BCUT2D eigenvalue weighted by molar-refractivity contribution is -0.128. The van der Waals surface area contributed by atoms with Gasteiger partial charge in [0, 0.05) is 5.02 Å². The van der Waals surface area contributed by atoms with Crippen molar-refractivity contribution in [3.8, 4) is 17.2 Å². The van der Waals surface area contributed by atoms with E-state index in [9.17, 15) is 4.79 Å². The second-order valence-electron chi connectivity index (χ2n) is 5.26. The van der Waals surface area contributed by atoms with Crippen molar-refractivity contribution in [1.82, 2.24) is 5.32 Å². The highest BCUT2D eigenvalue weighted by atomic mass is 35.5. The number of para-hydroxylation sites is 2. The Kier molecular flexibility index (Phi) is 7.41. The van der Waals surface area contributed by atoms with Crippen molar-refractivity contribution in [2.75, 3.05) is 20.3 Å². The summed E-state index contributed by atoms with van der Waals surface area (Å²) in [6, 6.07) is 14.3. The number of rotatable bonds is 9. The van der Waals surface area contributed by atoms with Crippen LogP contribution in [0.4, 0.5) is 0 Å². The number of methoxy groups -OCH3 is 1. The average molecular weight is 364 g/mol. The summed E-state index contributed by atoms with van der Waals surface area (Å²) in [4.78, 5) is 12.3. The second-order valence-corrected chi connectivity index (χ2v) is 5.70. The molecule has 25 heavy (non-hydrogen) atoms. The molecule has 0 aliphatic carbocycles. The third kappa shape index (κ3) is 5.87. The van der Waals surface area contributed by atoms with Gasteiger partial charge in [0.25, 0.3) is 5.91 Å². The molecule has 0 aliphatic heterocycles. The van der Waals surface area contributed by atoms with Gasteiger partial charge in [0.2, 0.25) is 0 Å². The Morgan fingerprint density at radius 2 is 1.80 bits per heavy atom. The largest absolute Gasteiger partial charge is 0.493 e. The zero-order valence-corrected chi connectivity index (χ0v) is 15.1. The first-order valence-electron chi connectivity index (χ1n) is 8.09. The van der Waals surface area contributed by atoms with E-state index in [-0.39, 0.29) is 5.91 Å². The van der Waals surface area contributed by atoms with Gasteiger partial charge in [-0.25, -0.2) is 0 Å². The molecule has 5 nitrogen and oxygen atoms in total. The number of hydrogen-bond donors (Lipinski definition) is 1. The van der Waals surface area contributed by atoms with Crippen LogP contribution in [0, 0.1) is 0 Å². The van der Waals surface area contributed by atoms with Crippen LogP contribution in [0.2, 0.25) is 5.02 Å². The molecule has 2 rings (SSSR count). The van der Waals surface area contributed by atoms with E-state index >= 15 is 0 Å². The third-order valence-corrected chi connectivity index (χ3v) is 3.74. The monoisotopic (exact) mass is 363 g/mol. The Bertz CT molecular complexity index is 675. The van der Waals surface area contributed by atoms with E-state index in [1.165, 1.54) is 0 Å². The number of ether oxygens (including phenoxy) is 3. The Labute approximate surface area is 152 Å². The first-order valence-corrected chi connectivity index (χ1v) is 8.47. The third-order valence-electron chi connectivity index (χ3n) is 3.49. The summed E-state index contributed by atoms with van der Waals surface area (Å²) in [5, 5.41) is 3.47. The number of halogens is 1. The molecule has 1 amide bonds. The number of hydrogen-bond acceptors (Lipinski definition) is 4. The van der Waals surface area contributed by atoms with Crippen LogP contribution in [0.3, 0.4) is 0 Å². The van der Waals surface area contributed by atoms with Gasteiger partial charge in [0.1, 0.15) is 12.4 Å². The highest BCUT2D eigenvalue weighted by Crippen LogP contribution is 2.27. The minimum atomic E-state index is -0.591. The standard InChI is InChI=1S/C19H22ClNO4/c1-3-16(25-18-7-5-4-6-17(18)23-2)19(22)21-12-13-24-15-10-8-14(20)9-11-15/h4-11,16H,3,12-13H2,1-2H3,(H,21,22)/t16-/m1/s1. The zero-order valence-electron chi connectivity index (χ0n) is 14.3. The molecular weight excluding hydrogens is 342 g/mol. The van der Waals surface area contributed by atoms with Crippen molar-refractivity contribution < 1.29 is 19.0 Å². The molecule has 0 radical (unpaired) electrons. The van der Waals surface area contributed by atoms with E-state index < -0.39 is 6.10 Å². The van der Waals surface area contributed by atoms with Crippen LogP contribution in [0.15, 0.2) is 48.5 Å². The first-order chi connectivity index (χ1) is 12.1. The molecule has 0 saturated carbocycles. The Balaban J connectivity index is 1.80. The predicted molar refractivity (Wildman–Crippen MR) is 97.7 cm³/mol. The molecule has 2 aromatic rings. The summed E-state index contributed by atoms with van der Waals surface area (Å²) >= 11 is 5.82. The number of nitrogens with one attached hydrogen (secondary N) is 1. The van der Waals surface area contributed by atoms with Crippen molar-refractivity contribution in [3.63, 3.8) is 0 Å². The quantitative estimate of drug-likeness (QED) is 0.690. The van der Waals surface area contributed by atoms with Crippen LogP contribution in [0.5, 0.6) is 17.2 Å². The number of amides is 1. The fraction of sp³-hybridized carbons (Fsp3) is 0.316. The summed E-state index contributed by atoms with van der Waals surface area (Å²) < 4.78 is 16.6. The average Bonchev–Trinajstić information content (AvgIpc) is 2.64. The van der Waals surface area contributed by atoms with Crippen LogP contribution in [-0.4, -0.2) is 32.3 Å². The minimum Gasteiger partial charge on any atom is -0.493 e. The van der Waals surface area contributed by atoms with Gasteiger partial charge in [0.05, 0.1) is 13.7 Å². The molecule has 0 bridgehead atoms. The molecule has 0 aromatic heterocycles. The fourth-order valence-corrected chi connectivity index (χ4v) is 2.31. The minimum absolute atomic E-state index is 0.187. The number of benzene rings is 2. The molecule has 0 heterocycles. The van der Waals surface area contributed by atoms with Gasteiger partial charge < -0.3 is 19.5 Å². The Morgan fingerprint density at radius 1 is 1.12 bits per heavy atom. The molecule has 0 fully saturated rings. The Morgan fingerprint density at radius 3 is 2.44 bits per heavy atom. The molecular formula is C19H22ClNO4. The zero-order chi connectivity index (χ0) is 18.1. The van der Waals surface area contributed by atoms with Crippen LogP contribution in [0.25, 0.3) is 0 Å². The van der Waals surface area contributed by atoms with Crippen LogP contribution < -0.4 is 19.5 Å². The highest BCUT2D eigenvalue weighted by Gasteiger charge is 2.19. The van der Waals surface area contributed by atoms with Gasteiger partial charge in [-0.05, 0) is 42.8 Å². The maximum absolute atomic E-state index is 12.3. The highest BCUT2D eigenvalue weighted by molar-refractivity contribution is 6.30.